The zero-order valence-electron chi connectivity index (χ0n) is 9.23. The predicted molar refractivity (Wildman–Crippen MR) is 65.5 cm³/mol. The van der Waals surface area contributed by atoms with E-state index >= 15 is 0 Å². The van der Waals surface area contributed by atoms with E-state index in [-0.39, 0.29) is 0 Å². The van der Waals surface area contributed by atoms with Crippen LogP contribution in [0.3, 0.4) is 0 Å². The summed E-state index contributed by atoms with van der Waals surface area (Å²) in [6, 6.07) is 0. The Hall–Kier alpha value is -0.222. The molecule has 0 amide bonds. The Morgan fingerprint density at radius 3 is 1.25 bits per heavy atom. The Morgan fingerprint density at radius 1 is 0.625 bits per heavy atom. The van der Waals surface area contributed by atoms with Gasteiger partial charge in [0.25, 0.3) is 0 Å². The van der Waals surface area contributed by atoms with E-state index in [0.717, 1.165) is 0 Å². The van der Waals surface area contributed by atoms with E-state index in [1.165, 1.54) is 19.3 Å². The molecule has 81 valence electrons. The Balaban J connectivity index is 1.89. The Bertz CT molecular complexity index is 398. The summed E-state index contributed by atoms with van der Waals surface area (Å²) >= 11 is -1.62. The van der Waals surface area contributed by atoms with Gasteiger partial charge in [0.05, 0.1) is 0 Å². The van der Waals surface area contributed by atoms with Gasteiger partial charge in [0.15, 0.2) is 0 Å². The summed E-state index contributed by atoms with van der Waals surface area (Å²) in [5, 5.41) is 0. The van der Waals surface area contributed by atoms with Gasteiger partial charge >= 0.3 is 112 Å². The number of rotatable bonds is 3. The van der Waals surface area contributed by atoms with Gasteiger partial charge in [-0.05, 0) is 0 Å². The van der Waals surface area contributed by atoms with Gasteiger partial charge in [-0.25, -0.2) is 0 Å². The van der Waals surface area contributed by atoms with Crippen molar-refractivity contribution in [3.05, 3.63) is 58.5 Å². The monoisotopic (exact) mass is 347 g/mol. The molecule has 1 heteroatoms. The van der Waals surface area contributed by atoms with E-state index in [4.69, 9.17) is 0 Å². The molecule has 0 spiro atoms. The molecule has 16 heavy (non-hydrogen) atoms. The van der Waals surface area contributed by atoms with E-state index in [0.29, 0.717) is 0 Å². The minimum absolute atomic E-state index is 1.21. The molecule has 3 rings (SSSR count). The number of allylic oxidation sites excluding steroid dienone is 12. The van der Waals surface area contributed by atoms with E-state index in [2.05, 4.69) is 54.7 Å². The third kappa shape index (κ3) is 2.09. The van der Waals surface area contributed by atoms with Crippen LogP contribution in [-0.2, 0) is 0 Å². The molecule has 0 aromatic rings. The van der Waals surface area contributed by atoms with Crippen molar-refractivity contribution < 1.29 is 34.2 Å². The van der Waals surface area contributed by atoms with E-state index in [1.807, 2.05) is 0 Å². The van der Waals surface area contributed by atoms with Crippen LogP contribution in [0.2, 0.25) is 0 Å². The molecule has 0 fully saturated rings. The third-order valence-corrected chi connectivity index (χ3v) is 11.0. The Morgan fingerprint density at radius 2 is 1.00 bits per heavy atom. The molecule has 0 bridgehead atoms. The molecular weight excluding hydrogens is 331 g/mol. The Kier molecular flexibility index (Phi) is 3.38. The first-order chi connectivity index (χ1) is 7.95. The maximum absolute atomic E-state index is 2.38. The maximum atomic E-state index is 2.38. The van der Waals surface area contributed by atoms with Gasteiger partial charge < -0.3 is 0 Å². The van der Waals surface area contributed by atoms with Crippen molar-refractivity contribution in [2.24, 2.45) is 0 Å². The molecule has 0 nitrogen and oxygen atoms in total. The first-order valence-electron chi connectivity index (χ1n) is 5.76. The molecule has 0 unspecified atom stereocenters. The summed E-state index contributed by atoms with van der Waals surface area (Å²) in [6.07, 6.45) is 24.4. The van der Waals surface area contributed by atoms with Crippen LogP contribution in [-0.4, -0.2) is 0 Å². The van der Waals surface area contributed by atoms with Crippen molar-refractivity contribution in [3.8, 4) is 0 Å². The molecule has 0 atom stereocenters. The average Bonchev–Trinajstić information content (AvgIpc) is 3.02. The summed E-state index contributed by atoms with van der Waals surface area (Å²) in [4.78, 5) is 0. The van der Waals surface area contributed by atoms with Crippen LogP contribution in [0, 0.1) is 34.2 Å². The third-order valence-electron chi connectivity index (χ3n) is 3.00. The van der Waals surface area contributed by atoms with Crippen molar-refractivity contribution >= 4 is 0 Å². The molecule has 3 aliphatic carbocycles. The van der Waals surface area contributed by atoms with E-state index < -0.39 is 34.2 Å². The van der Waals surface area contributed by atoms with Gasteiger partial charge in [0, 0.05) is 0 Å². The molecule has 0 aromatic carbocycles. The second-order valence-corrected chi connectivity index (χ2v) is 11.1. The van der Waals surface area contributed by atoms with Gasteiger partial charge in [0.2, 0.25) is 0 Å². The molecule has 0 N–H and O–H groups in total. The number of hydrogen-bond acceptors (Lipinski definition) is 0. The molecule has 0 aromatic heterocycles. The first-order valence-corrected chi connectivity index (χ1v) is 9.69. The van der Waals surface area contributed by atoms with Gasteiger partial charge in [-0.3, -0.25) is 0 Å². The fraction of sp³-hybridized carbons (Fsp3) is 0.200. The quantitative estimate of drug-likeness (QED) is 0.721. The second-order valence-electron chi connectivity index (χ2n) is 4.10. The van der Waals surface area contributed by atoms with Crippen molar-refractivity contribution in [2.75, 3.05) is 0 Å². The number of hydrogen-bond donors (Lipinski definition) is 0. The normalized spacial score (nSPS) is 21.9. The molecule has 0 radical (unpaired) electrons. The van der Waals surface area contributed by atoms with Crippen LogP contribution in [0.4, 0.5) is 0 Å². The van der Waals surface area contributed by atoms with E-state index in [1.54, 1.807) is 3.86 Å². The second kappa shape index (κ2) is 4.96. The molecule has 3 aliphatic rings. The van der Waals surface area contributed by atoms with Crippen LogP contribution in [0.25, 0.3) is 0 Å². The summed E-state index contributed by atoms with van der Waals surface area (Å²) in [5.41, 5.74) is 0. The summed E-state index contributed by atoms with van der Waals surface area (Å²) < 4.78 is 5.26. The molecule has 0 saturated heterocycles. The molecule has 0 aliphatic heterocycles. The zero-order chi connectivity index (χ0) is 10.8. The van der Waals surface area contributed by atoms with Crippen LogP contribution >= 0.6 is 0 Å². The molecule has 0 saturated carbocycles. The van der Waals surface area contributed by atoms with Gasteiger partial charge in [-0.1, -0.05) is 0 Å². The van der Waals surface area contributed by atoms with Crippen molar-refractivity contribution in [1.29, 1.82) is 0 Å². The Labute approximate surface area is 111 Å². The topological polar surface area (TPSA) is 0 Å². The van der Waals surface area contributed by atoms with Crippen LogP contribution in [0.15, 0.2) is 58.5 Å². The summed E-state index contributed by atoms with van der Waals surface area (Å²) in [6.45, 7) is 0. The van der Waals surface area contributed by atoms with Gasteiger partial charge in [-0.15, -0.1) is 0 Å². The van der Waals surface area contributed by atoms with Crippen molar-refractivity contribution in [3.63, 3.8) is 0 Å². The fourth-order valence-corrected chi connectivity index (χ4v) is 10.1. The van der Waals surface area contributed by atoms with Crippen molar-refractivity contribution in [1.82, 2.24) is 0 Å². The minimum atomic E-state index is -1.62. The zero-order valence-corrected chi connectivity index (χ0v) is 11.8. The van der Waals surface area contributed by atoms with Crippen LogP contribution in [0.1, 0.15) is 19.3 Å². The first kappa shape index (κ1) is 10.9. The standard InChI is InChI=1S/3C5H5.Sm/c3*1-2-4-5-3-1;/h3*1-3H,4H2;. The van der Waals surface area contributed by atoms with Gasteiger partial charge in [-0.2, -0.15) is 0 Å². The SMILES string of the molecule is C1=CC[C]([Sm]([C]2=CC=CC2)[C]2=CC=CC2)=C1. The van der Waals surface area contributed by atoms with Crippen LogP contribution in [0.5, 0.6) is 0 Å². The summed E-state index contributed by atoms with van der Waals surface area (Å²) in [5.74, 6) is 0. The average molecular weight is 346 g/mol. The summed E-state index contributed by atoms with van der Waals surface area (Å²) in [7, 11) is 0. The van der Waals surface area contributed by atoms with Crippen LogP contribution < -0.4 is 0 Å². The van der Waals surface area contributed by atoms with Gasteiger partial charge in [0.1, 0.15) is 0 Å². The van der Waals surface area contributed by atoms with E-state index in [9.17, 15) is 0 Å². The van der Waals surface area contributed by atoms with Crippen molar-refractivity contribution in [2.45, 2.75) is 19.3 Å². The fourth-order valence-electron chi connectivity index (χ4n) is 2.24. The molecule has 0 heterocycles. The molecular formula is C15H15Sm. The predicted octanol–water partition coefficient (Wildman–Crippen LogP) is 4.14.